The number of nitrogen functional groups attached to an aromatic ring is 1. The third-order valence-corrected chi connectivity index (χ3v) is 2.58. The summed E-state index contributed by atoms with van der Waals surface area (Å²) < 4.78 is 1.53. The van der Waals surface area contributed by atoms with Crippen molar-refractivity contribution >= 4 is 23.3 Å². The number of piperidine rings is 1. The Morgan fingerprint density at radius 2 is 2.50 bits per heavy atom. The number of aromatic nitrogens is 2. The van der Waals surface area contributed by atoms with Crippen LogP contribution in [0.1, 0.15) is 18.9 Å². The van der Waals surface area contributed by atoms with Crippen molar-refractivity contribution in [2.45, 2.75) is 18.9 Å². The first-order valence-electron chi connectivity index (χ1n) is 4.46. The Morgan fingerprint density at radius 3 is 3.07 bits per heavy atom. The van der Waals surface area contributed by atoms with Crippen LogP contribution in [0.4, 0.5) is 5.82 Å². The molecule has 0 aliphatic carbocycles. The van der Waals surface area contributed by atoms with E-state index in [0.717, 1.165) is 19.4 Å². The highest BCUT2D eigenvalue weighted by molar-refractivity contribution is 6.32. The zero-order chi connectivity index (χ0) is 10.1. The SMILES string of the molecule is Nc1nn(C2CCCNC2=O)cc1Cl. The first-order valence-corrected chi connectivity index (χ1v) is 4.84. The molecule has 3 N–H and O–H groups in total. The fourth-order valence-corrected chi connectivity index (χ4v) is 1.69. The summed E-state index contributed by atoms with van der Waals surface area (Å²) in [5, 5.41) is 7.15. The van der Waals surface area contributed by atoms with E-state index in [1.165, 1.54) is 4.68 Å². The van der Waals surface area contributed by atoms with Gasteiger partial charge in [-0.1, -0.05) is 11.6 Å². The van der Waals surface area contributed by atoms with E-state index in [1.54, 1.807) is 6.20 Å². The Labute approximate surface area is 86.2 Å². The van der Waals surface area contributed by atoms with Gasteiger partial charge in [-0.2, -0.15) is 5.10 Å². The van der Waals surface area contributed by atoms with Crippen LogP contribution < -0.4 is 11.1 Å². The predicted molar refractivity (Wildman–Crippen MR) is 52.9 cm³/mol. The highest BCUT2D eigenvalue weighted by Crippen LogP contribution is 2.22. The summed E-state index contributed by atoms with van der Waals surface area (Å²) in [6, 6.07) is -0.265. The van der Waals surface area contributed by atoms with Crippen LogP contribution >= 0.6 is 11.6 Å². The highest BCUT2D eigenvalue weighted by Gasteiger charge is 2.24. The Balaban J connectivity index is 2.24. The summed E-state index contributed by atoms with van der Waals surface area (Å²) >= 11 is 5.76. The molecule has 0 spiro atoms. The number of carbonyl (C=O) groups is 1. The smallest absolute Gasteiger partial charge is 0.244 e. The average Bonchev–Trinajstić information content (AvgIpc) is 2.48. The van der Waals surface area contributed by atoms with Gasteiger partial charge in [0.15, 0.2) is 5.82 Å². The van der Waals surface area contributed by atoms with E-state index in [9.17, 15) is 4.79 Å². The van der Waals surface area contributed by atoms with Crippen molar-refractivity contribution in [2.75, 3.05) is 12.3 Å². The third kappa shape index (κ3) is 1.55. The lowest BCUT2D eigenvalue weighted by molar-refractivity contribution is -0.126. The van der Waals surface area contributed by atoms with Crippen LogP contribution in [0.2, 0.25) is 5.02 Å². The van der Waals surface area contributed by atoms with E-state index in [1.807, 2.05) is 0 Å². The van der Waals surface area contributed by atoms with Crippen LogP contribution in [0.3, 0.4) is 0 Å². The number of nitrogens with two attached hydrogens (primary N) is 1. The molecular weight excluding hydrogens is 204 g/mol. The van der Waals surface area contributed by atoms with Crippen LogP contribution in [0, 0.1) is 0 Å². The van der Waals surface area contributed by atoms with Gasteiger partial charge in [-0.15, -0.1) is 0 Å². The third-order valence-electron chi connectivity index (χ3n) is 2.29. The Bertz CT molecular complexity index is 343. The van der Waals surface area contributed by atoms with Gasteiger partial charge in [-0.05, 0) is 12.8 Å². The first kappa shape index (κ1) is 9.33. The zero-order valence-corrected chi connectivity index (χ0v) is 8.29. The quantitative estimate of drug-likeness (QED) is 0.718. The summed E-state index contributed by atoms with van der Waals surface area (Å²) in [4.78, 5) is 11.5. The summed E-state index contributed by atoms with van der Waals surface area (Å²) in [6.07, 6.45) is 3.32. The molecule has 1 fully saturated rings. The van der Waals surface area contributed by atoms with Gasteiger partial charge in [0.05, 0.1) is 0 Å². The van der Waals surface area contributed by atoms with Crippen LogP contribution in [0.15, 0.2) is 6.20 Å². The molecule has 1 aliphatic rings. The molecule has 5 nitrogen and oxygen atoms in total. The van der Waals surface area contributed by atoms with Crippen molar-refractivity contribution in [3.05, 3.63) is 11.2 Å². The number of anilines is 1. The number of rotatable bonds is 1. The molecule has 6 heteroatoms. The molecule has 1 amide bonds. The molecule has 1 aliphatic heterocycles. The second-order valence-corrected chi connectivity index (χ2v) is 3.70. The predicted octanol–water partition coefficient (Wildman–Crippen LogP) is 0.570. The fraction of sp³-hybridized carbons (Fsp3) is 0.500. The molecule has 0 saturated carbocycles. The van der Waals surface area contributed by atoms with E-state index in [4.69, 9.17) is 17.3 Å². The molecule has 2 rings (SSSR count). The number of carbonyl (C=O) groups excluding carboxylic acids is 1. The maximum atomic E-state index is 11.5. The molecule has 1 unspecified atom stereocenters. The lowest BCUT2D eigenvalue weighted by Gasteiger charge is -2.21. The molecule has 1 aromatic rings. The minimum Gasteiger partial charge on any atom is -0.381 e. The van der Waals surface area contributed by atoms with Gasteiger partial charge in [0.2, 0.25) is 5.91 Å². The number of amides is 1. The van der Waals surface area contributed by atoms with Crippen LogP contribution in [-0.4, -0.2) is 22.2 Å². The average molecular weight is 215 g/mol. The van der Waals surface area contributed by atoms with Crippen molar-refractivity contribution in [3.8, 4) is 0 Å². The molecule has 1 atom stereocenters. The Hall–Kier alpha value is -1.23. The van der Waals surface area contributed by atoms with Gasteiger partial charge < -0.3 is 11.1 Å². The molecule has 76 valence electrons. The van der Waals surface area contributed by atoms with E-state index >= 15 is 0 Å². The van der Waals surface area contributed by atoms with E-state index in [-0.39, 0.29) is 17.8 Å². The minimum absolute atomic E-state index is 0.0181. The van der Waals surface area contributed by atoms with Crippen molar-refractivity contribution in [1.29, 1.82) is 0 Å². The van der Waals surface area contributed by atoms with Crippen molar-refractivity contribution in [1.82, 2.24) is 15.1 Å². The minimum atomic E-state index is -0.265. The van der Waals surface area contributed by atoms with Crippen molar-refractivity contribution < 1.29 is 4.79 Å². The monoisotopic (exact) mass is 214 g/mol. The van der Waals surface area contributed by atoms with E-state index < -0.39 is 0 Å². The number of hydrogen-bond acceptors (Lipinski definition) is 3. The summed E-state index contributed by atoms with van der Waals surface area (Å²) in [7, 11) is 0. The molecule has 1 saturated heterocycles. The van der Waals surface area contributed by atoms with Crippen LogP contribution in [0.25, 0.3) is 0 Å². The summed E-state index contributed by atoms with van der Waals surface area (Å²) in [5.41, 5.74) is 5.50. The second-order valence-electron chi connectivity index (χ2n) is 3.29. The number of nitrogens with one attached hydrogen (secondary N) is 1. The highest BCUT2D eigenvalue weighted by atomic mass is 35.5. The van der Waals surface area contributed by atoms with Crippen molar-refractivity contribution in [3.63, 3.8) is 0 Å². The molecule has 14 heavy (non-hydrogen) atoms. The standard InChI is InChI=1S/C8H11ClN4O/c9-5-4-13(12-7(5)10)6-2-1-3-11-8(6)14/h4,6H,1-3H2,(H2,10,12)(H,11,14). The molecule has 0 aromatic carbocycles. The van der Waals surface area contributed by atoms with Gasteiger partial charge in [0.1, 0.15) is 11.1 Å². The number of hydrogen-bond donors (Lipinski definition) is 2. The van der Waals surface area contributed by atoms with Gasteiger partial charge in [-0.25, -0.2) is 0 Å². The Morgan fingerprint density at radius 1 is 1.71 bits per heavy atom. The molecular formula is C8H11ClN4O. The van der Waals surface area contributed by atoms with E-state index in [0.29, 0.717) is 5.02 Å². The maximum absolute atomic E-state index is 11.5. The Kier molecular flexibility index (Phi) is 2.33. The normalized spacial score (nSPS) is 22.1. The number of halogens is 1. The largest absolute Gasteiger partial charge is 0.381 e. The van der Waals surface area contributed by atoms with Crippen molar-refractivity contribution in [2.24, 2.45) is 0 Å². The molecule has 1 aromatic heterocycles. The van der Waals surface area contributed by atoms with Gasteiger partial charge in [0, 0.05) is 12.7 Å². The molecule has 2 heterocycles. The fourth-order valence-electron chi connectivity index (χ4n) is 1.55. The lowest BCUT2D eigenvalue weighted by Crippen LogP contribution is -2.38. The van der Waals surface area contributed by atoms with Crippen LogP contribution in [0.5, 0.6) is 0 Å². The second kappa shape index (κ2) is 3.49. The molecule has 0 radical (unpaired) electrons. The first-order chi connectivity index (χ1) is 6.68. The van der Waals surface area contributed by atoms with Crippen LogP contribution in [-0.2, 0) is 4.79 Å². The summed E-state index contributed by atoms with van der Waals surface area (Å²) in [6.45, 7) is 0.736. The maximum Gasteiger partial charge on any atom is 0.244 e. The molecule has 0 bridgehead atoms. The van der Waals surface area contributed by atoms with Gasteiger partial charge in [0.25, 0.3) is 0 Å². The number of nitrogens with zero attached hydrogens (tertiary/aromatic N) is 2. The van der Waals surface area contributed by atoms with E-state index in [2.05, 4.69) is 10.4 Å². The topological polar surface area (TPSA) is 72.9 Å². The van der Waals surface area contributed by atoms with Gasteiger partial charge in [-0.3, -0.25) is 9.48 Å². The summed E-state index contributed by atoms with van der Waals surface area (Å²) in [5.74, 6) is 0.250. The lowest BCUT2D eigenvalue weighted by atomic mass is 10.1. The zero-order valence-electron chi connectivity index (χ0n) is 7.53. The van der Waals surface area contributed by atoms with Gasteiger partial charge >= 0.3 is 0 Å².